The Bertz CT molecular complexity index is 337. The first kappa shape index (κ1) is 17.0. The molecule has 0 unspecified atom stereocenters. The van der Waals surface area contributed by atoms with Crippen molar-refractivity contribution >= 4 is 11.9 Å². The molecule has 20 heavy (non-hydrogen) atoms. The lowest BCUT2D eigenvalue weighted by atomic mass is 9.75. The maximum absolute atomic E-state index is 12.2. The molecule has 4 nitrogen and oxygen atoms in total. The first-order valence-corrected chi connectivity index (χ1v) is 7.72. The molecule has 0 heterocycles. The third kappa shape index (κ3) is 4.80. The topological polar surface area (TPSA) is 57.1 Å². The summed E-state index contributed by atoms with van der Waals surface area (Å²) < 4.78 is 2.80. The van der Waals surface area contributed by atoms with Crippen LogP contribution in [0.4, 0.5) is 0 Å². The van der Waals surface area contributed by atoms with Gasteiger partial charge in [0.25, 0.3) is 0 Å². The largest absolute Gasteiger partial charge is 0.545 e. The molecule has 0 aliphatic heterocycles. The van der Waals surface area contributed by atoms with Crippen molar-refractivity contribution in [2.45, 2.75) is 65.4 Å². The van der Waals surface area contributed by atoms with E-state index in [0.717, 1.165) is 6.42 Å². The number of carbonyl (C=O) groups excluding carboxylic acids is 1. The van der Waals surface area contributed by atoms with Gasteiger partial charge in [-0.2, -0.15) is 0 Å². The Morgan fingerprint density at radius 2 is 1.90 bits per heavy atom. The Morgan fingerprint density at radius 1 is 1.25 bits per heavy atom. The van der Waals surface area contributed by atoms with Crippen molar-refractivity contribution < 1.29 is 19.1 Å². The van der Waals surface area contributed by atoms with Crippen LogP contribution >= 0.6 is 0 Å². The lowest BCUT2D eigenvalue weighted by Gasteiger charge is -2.41. The van der Waals surface area contributed by atoms with Gasteiger partial charge in [0, 0.05) is 23.6 Å². The van der Waals surface area contributed by atoms with Crippen LogP contribution in [0.2, 0.25) is 0 Å². The van der Waals surface area contributed by atoms with E-state index in [2.05, 4.69) is 25.1 Å². The average Bonchev–Trinajstić information content (AvgIpc) is 2.36. The summed E-state index contributed by atoms with van der Waals surface area (Å²) in [5.41, 5.74) is 0. The van der Waals surface area contributed by atoms with Crippen LogP contribution in [0.15, 0.2) is 0 Å². The van der Waals surface area contributed by atoms with Gasteiger partial charge in [-0.15, -0.1) is 0 Å². The van der Waals surface area contributed by atoms with E-state index in [0.29, 0.717) is 30.6 Å². The smallest absolute Gasteiger partial charge is 0.518 e. The van der Waals surface area contributed by atoms with Crippen LogP contribution in [0, 0.1) is 17.8 Å². The van der Waals surface area contributed by atoms with E-state index in [1.807, 2.05) is 0 Å². The lowest BCUT2D eigenvalue weighted by Crippen LogP contribution is -2.41. The molecule has 1 aliphatic rings. The normalized spacial score (nSPS) is 26.6. The SMILES string of the molecule is CC(C)[C@@H]1CC[C@@H](C)C[C@H]1[O+](C)C(=O)CCCC(=O)O. The summed E-state index contributed by atoms with van der Waals surface area (Å²) in [4.78, 5) is 22.7. The van der Waals surface area contributed by atoms with E-state index in [-0.39, 0.29) is 18.5 Å². The molecular formula is C16H29O4+. The Balaban J connectivity index is 2.59. The molecule has 1 saturated carbocycles. The quantitative estimate of drug-likeness (QED) is 0.601. The van der Waals surface area contributed by atoms with Gasteiger partial charge < -0.3 is 9.47 Å². The van der Waals surface area contributed by atoms with E-state index >= 15 is 0 Å². The van der Waals surface area contributed by atoms with Crippen molar-refractivity contribution in [3.05, 3.63) is 0 Å². The summed E-state index contributed by atoms with van der Waals surface area (Å²) in [6, 6.07) is 0. The van der Waals surface area contributed by atoms with Crippen molar-refractivity contribution in [2.24, 2.45) is 17.8 Å². The first-order valence-electron chi connectivity index (χ1n) is 7.72. The summed E-state index contributed by atoms with van der Waals surface area (Å²) in [6.07, 6.45) is 4.47. The molecule has 1 N–H and O–H groups in total. The number of carbonyl (C=O) groups is 2. The number of hydrogen-bond acceptors (Lipinski definition) is 2. The van der Waals surface area contributed by atoms with Gasteiger partial charge in [0.05, 0.1) is 0 Å². The summed E-state index contributed by atoms with van der Waals surface area (Å²) >= 11 is 0. The highest BCUT2D eigenvalue weighted by Gasteiger charge is 2.38. The molecule has 1 aliphatic carbocycles. The van der Waals surface area contributed by atoms with Crippen molar-refractivity contribution in [1.82, 2.24) is 0 Å². The third-order valence-corrected chi connectivity index (χ3v) is 4.55. The lowest BCUT2D eigenvalue weighted by molar-refractivity contribution is -0.210. The molecule has 4 heteroatoms. The highest BCUT2D eigenvalue weighted by atomic mass is 16.7. The van der Waals surface area contributed by atoms with Crippen LogP contribution in [0.3, 0.4) is 0 Å². The molecule has 3 atom stereocenters. The number of hydrogen-bond donors (Lipinski definition) is 1. The molecule has 0 saturated heterocycles. The van der Waals surface area contributed by atoms with Crippen LogP contribution < -0.4 is 0 Å². The Kier molecular flexibility index (Phi) is 6.50. The molecule has 0 spiro atoms. The van der Waals surface area contributed by atoms with Gasteiger partial charge in [-0.3, -0.25) is 4.79 Å². The molecule has 1 fully saturated rings. The zero-order valence-electron chi connectivity index (χ0n) is 13.2. The maximum Gasteiger partial charge on any atom is 0.518 e. The van der Waals surface area contributed by atoms with Gasteiger partial charge in [0.2, 0.25) is 0 Å². The molecule has 1 rings (SSSR count). The van der Waals surface area contributed by atoms with Crippen molar-refractivity contribution in [1.29, 1.82) is 0 Å². The van der Waals surface area contributed by atoms with Gasteiger partial charge in [-0.25, -0.2) is 0 Å². The molecule has 0 aromatic rings. The second-order valence-corrected chi connectivity index (χ2v) is 6.54. The third-order valence-electron chi connectivity index (χ3n) is 4.55. The van der Waals surface area contributed by atoms with Crippen LogP contribution in [0.1, 0.15) is 59.3 Å². The molecule has 0 aromatic carbocycles. The van der Waals surface area contributed by atoms with Crippen LogP contribution in [-0.2, 0) is 14.0 Å². The minimum Gasteiger partial charge on any atom is -0.545 e. The summed E-state index contributed by atoms with van der Waals surface area (Å²) in [5.74, 6) is 0.920. The van der Waals surface area contributed by atoms with Crippen molar-refractivity contribution in [3.8, 4) is 0 Å². The number of carboxylic acid groups (broad SMARTS) is 1. The highest BCUT2D eigenvalue weighted by molar-refractivity contribution is 5.72. The van der Waals surface area contributed by atoms with Gasteiger partial charge >= 0.3 is 11.9 Å². The number of aliphatic carboxylic acids is 1. The van der Waals surface area contributed by atoms with Gasteiger partial charge in [0.15, 0.2) is 0 Å². The van der Waals surface area contributed by atoms with Gasteiger partial charge in [-0.1, -0.05) is 20.8 Å². The first-order chi connectivity index (χ1) is 9.32. The monoisotopic (exact) mass is 285 g/mol. The van der Waals surface area contributed by atoms with Crippen LogP contribution in [0.25, 0.3) is 0 Å². The van der Waals surface area contributed by atoms with Gasteiger partial charge in [-0.05, 0) is 31.1 Å². The van der Waals surface area contributed by atoms with E-state index in [4.69, 9.17) is 5.11 Å². The fourth-order valence-electron chi connectivity index (χ4n) is 3.24. The fraction of sp³-hybridized carbons (Fsp3) is 0.875. The Hall–Kier alpha value is -1.06. The van der Waals surface area contributed by atoms with Crippen molar-refractivity contribution in [2.75, 3.05) is 7.11 Å². The summed E-state index contributed by atoms with van der Waals surface area (Å²) in [7, 11) is 1.81. The average molecular weight is 285 g/mol. The number of rotatable bonds is 6. The molecule has 0 aromatic heterocycles. The predicted octanol–water partition coefficient (Wildman–Crippen LogP) is 3.41. The highest BCUT2D eigenvalue weighted by Crippen LogP contribution is 2.37. The molecule has 116 valence electrons. The second kappa shape index (κ2) is 7.65. The maximum atomic E-state index is 12.2. The minimum atomic E-state index is -0.836. The van der Waals surface area contributed by atoms with E-state index in [1.165, 1.54) is 12.8 Å². The summed E-state index contributed by atoms with van der Waals surface area (Å²) in [5, 5.41) is 8.63. The van der Waals surface area contributed by atoms with E-state index in [9.17, 15) is 9.59 Å². The number of carboxylic acids is 1. The summed E-state index contributed by atoms with van der Waals surface area (Å²) in [6.45, 7) is 6.68. The van der Waals surface area contributed by atoms with Crippen molar-refractivity contribution in [3.63, 3.8) is 0 Å². The van der Waals surface area contributed by atoms with Crippen LogP contribution in [-0.4, -0.2) is 30.3 Å². The van der Waals surface area contributed by atoms with E-state index in [1.54, 1.807) is 7.11 Å². The standard InChI is InChI=1S/C16H28O4/c1-11(2)13-9-8-12(3)10-14(13)20(4)16(19)7-5-6-15(17)18/h11-14H,5-10H2,1-4H3/p+1/t12-,13+,14-/m1/s1. The van der Waals surface area contributed by atoms with E-state index < -0.39 is 5.97 Å². The predicted molar refractivity (Wildman–Crippen MR) is 78.6 cm³/mol. The Morgan fingerprint density at radius 3 is 2.45 bits per heavy atom. The zero-order chi connectivity index (χ0) is 15.3. The zero-order valence-corrected chi connectivity index (χ0v) is 13.2. The van der Waals surface area contributed by atoms with Gasteiger partial charge in [0.1, 0.15) is 19.6 Å². The molecular weight excluding hydrogens is 256 g/mol. The van der Waals surface area contributed by atoms with Crippen LogP contribution in [0.5, 0.6) is 0 Å². The fourth-order valence-corrected chi connectivity index (χ4v) is 3.24. The Labute approximate surface area is 122 Å². The molecule has 0 radical (unpaired) electrons. The minimum absolute atomic E-state index is 0.0102. The molecule has 0 bridgehead atoms. The second-order valence-electron chi connectivity index (χ2n) is 6.54. The molecule has 0 amide bonds.